The molecule has 0 spiro atoms. The number of hydrogen-bond acceptors (Lipinski definition) is 3. The Labute approximate surface area is 185 Å². The fraction of sp³-hybridized carbons (Fsp3) is 0.154. The van der Waals surface area contributed by atoms with Crippen LogP contribution >= 0.6 is 11.3 Å². The maximum atomic E-state index is 4.99. The van der Waals surface area contributed by atoms with E-state index in [1.165, 1.54) is 27.6 Å². The van der Waals surface area contributed by atoms with Crippen molar-refractivity contribution in [1.29, 1.82) is 0 Å². The largest absolute Gasteiger partial charge is 0.337 e. The number of benzene rings is 3. The topological polar surface area (TPSA) is 35.1 Å². The third kappa shape index (κ3) is 4.23. The van der Waals surface area contributed by atoms with Crippen molar-refractivity contribution in [1.82, 2.24) is 14.1 Å². The Bertz CT molecular complexity index is 1350. The van der Waals surface area contributed by atoms with E-state index in [0.717, 1.165) is 30.0 Å². The van der Waals surface area contributed by atoms with Gasteiger partial charge in [-0.3, -0.25) is 0 Å². The monoisotopic (exact) mass is 424 g/mol. The van der Waals surface area contributed by atoms with Gasteiger partial charge in [-0.05, 0) is 36.2 Å². The number of aryl methyl sites for hydroxylation is 2. The average molecular weight is 425 g/mol. The molecule has 2 aromatic heterocycles. The minimum absolute atomic E-state index is 0.894. The summed E-state index contributed by atoms with van der Waals surface area (Å²) < 4.78 is 4.49. The second kappa shape index (κ2) is 8.74. The highest BCUT2D eigenvalue weighted by atomic mass is 32.1. The first-order valence-electron chi connectivity index (χ1n) is 10.5. The smallest absolute Gasteiger partial charge is 0.190 e. The molecule has 4 nitrogen and oxygen atoms in total. The maximum absolute atomic E-state index is 4.99. The van der Waals surface area contributed by atoms with Crippen molar-refractivity contribution in [2.45, 2.75) is 26.4 Å². The summed E-state index contributed by atoms with van der Waals surface area (Å²) >= 11 is 1.70. The molecule has 31 heavy (non-hydrogen) atoms. The Hall–Kier alpha value is -3.44. The summed E-state index contributed by atoms with van der Waals surface area (Å²) in [6, 6.07) is 23.5. The highest BCUT2D eigenvalue weighted by molar-refractivity contribution is 7.07. The lowest BCUT2D eigenvalue weighted by atomic mass is 10.0. The van der Waals surface area contributed by atoms with Gasteiger partial charge >= 0.3 is 0 Å². The highest BCUT2D eigenvalue weighted by Gasteiger charge is 2.11. The van der Waals surface area contributed by atoms with Gasteiger partial charge in [0.15, 0.2) is 4.80 Å². The van der Waals surface area contributed by atoms with Crippen LogP contribution in [0.4, 0.5) is 5.69 Å². The third-order valence-electron chi connectivity index (χ3n) is 5.48. The lowest BCUT2D eigenvalue weighted by Gasteiger charge is -2.12. The van der Waals surface area contributed by atoms with Crippen LogP contribution in [0.1, 0.15) is 12.0 Å². The molecule has 0 aliphatic heterocycles. The van der Waals surface area contributed by atoms with E-state index in [4.69, 9.17) is 4.99 Å². The van der Waals surface area contributed by atoms with Gasteiger partial charge in [0.25, 0.3) is 0 Å². The van der Waals surface area contributed by atoms with Gasteiger partial charge in [0.1, 0.15) is 0 Å². The minimum Gasteiger partial charge on any atom is -0.337 e. The van der Waals surface area contributed by atoms with Crippen LogP contribution in [0.2, 0.25) is 0 Å². The van der Waals surface area contributed by atoms with Crippen LogP contribution in [0.15, 0.2) is 95.8 Å². The molecule has 5 heteroatoms. The van der Waals surface area contributed by atoms with Crippen molar-refractivity contribution in [3.8, 4) is 11.3 Å². The van der Waals surface area contributed by atoms with Gasteiger partial charge in [0, 0.05) is 36.4 Å². The number of fused-ring (bicyclic) bond motifs is 1. The number of thiazole rings is 1. The minimum atomic E-state index is 0.894. The number of aromatic nitrogens is 3. The van der Waals surface area contributed by atoms with E-state index in [-0.39, 0.29) is 0 Å². The van der Waals surface area contributed by atoms with Crippen molar-refractivity contribution in [3.05, 3.63) is 101 Å². The molecule has 3 aromatic carbocycles. The van der Waals surface area contributed by atoms with Gasteiger partial charge in [-0.1, -0.05) is 60.2 Å². The summed E-state index contributed by atoms with van der Waals surface area (Å²) in [6.45, 7) is 3.93. The van der Waals surface area contributed by atoms with Crippen molar-refractivity contribution < 1.29 is 0 Å². The van der Waals surface area contributed by atoms with Crippen LogP contribution in [0.5, 0.6) is 0 Å². The predicted octanol–water partition coefficient (Wildman–Crippen LogP) is 6.20. The number of imidazole rings is 1. The zero-order valence-corrected chi connectivity index (χ0v) is 18.3. The van der Waals surface area contributed by atoms with E-state index in [0.29, 0.717) is 0 Å². The van der Waals surface area contributed by atoms with Gasteiger partial charge in [0.05, 0.1) is 17.7 Å². The van der Waals surface area contributed by atoms with Crippen LogP contribution in [-0.2, 0) is 13.1 Å². The van der Waals surface area contributed by atoms with Crippen LogP contribution in [0.3, 0.4) is 0 Å². The first kappa shape index (κ1) is 19.5. The van der Waals surface area contributed by atoms with Gasteiger partial charge < -0.3 is 9.13 Å². The molecule has 154 valence electrons. The Balaban J connectivity index is 1.58. The Morgan fingerprint density at radius 1 is 0.935 bits per heavy atom. The van der Waals surface area contributed by atoms with Gasteiger partial charge in [-0.15, -0.1) is 11.3 Å². The fourth-order valence-electron chi connectivity index (χ4n) is 3.86. The Morgan fingerprint density at radius 2 is 1.77 bits per heavy atom. The maximum Gasteiger partial charge on any atom is 0.190 e. The molecule has 0 radical (unpaired) electrons. The second-order valence-corrected chi connectivity index (χ2v) is 8.52. The average Bonchev–Trinajstić information content (AvgIpc) is 3.45. The van der Waals surface area contributed by atoms with E-state index in [1.54, 1.807) is 11.3 Å². The van der Waals surface area contributed by atoms with Gasteiger partial charge in [-0.2, -0.15) is 0 Å². The SMILES string of the molecule is Cc1ccc(N=c2scc(-c3cccc4ccccc34)n2CCCn2ccnc2)cc1. The zero-order chi connectivity index (χ0) is 21.0. The van der Waals surface area contributed by atoms with Crippen molar-refractivity contribution >= 4 is 27.8 Å². The summed E-state index contributed by atoms with van der Waals surface area (Å²) in [5.41, 5.74) is 4.70. The van der Waals surface area contributed by atoms with Crippen LogP contribution in [0, 0.1) is 6.92 Å². The molecule has 5 aromatic rings. The van der Waals surface area contributed by atoms with E-state index in [9.17, 15) is 0 Å². The molecular formula is C26H24N4S. The number of rotatable bonds is 6. The molecule has 0 aliphatic rings. The normalized spacial score (nSPS) is 12.0. The molecule has 2 heterocycles. The third-order valence-corrected chi connectivity index (χ3v) is 6.34. The lowest BCUT2D eigenvalue weighted by Crippen LogP contribution is -2.17. The molecule has 0 unspecified atom stereocenters. The van der Waals surface area contributed by atoms with E-state index in [1.807, 2.05) is 18.7 Å². The van der Waals surface area contributed by atoms with E-state index in [2.05, 4.69) is 93.2 Å². The summed E-state index contributed by atoms with van der Waals surface area (Å²) in [5.74, 6) is 0. The lowest BCUT2D eigenvalue weighted by molar-refractivity contribution is 0.559. The molecule has 0 fully saturated rings. The molecule has 0 atom stereocenters. The fourth-order valence-corrected chi connectivity index (χ4v) is 4.81. The zero-order valence-electron chi connectivity index (χ0n) is 17.5. The highest BCUT2D eigenvalue weighted by Crippen LogP contribution is 2.29. The summed E-state index contributed by atoms with van der Waals surface area (Å²) in [5, 5.41) is 4.77. The molecule has 0 amide bonds. The summed E-state index contributed by atoms with van der Waals surface area (Å²) in [6.07, 6.45) is 6.73. The van der Waals surface area contributed by atoms with Crippen LogP contribution in [-0.4, -0.2) is 14.1 Å². The summed E-state index contributed by atoms with van der Waals surface area (Å²) in [7, 11) is 0. The quantitative estimate of drug-likeness (QED) is 0.320. The molecule has 0 N–H and O–H groups in total. The Kier molecular flexibility index (Phi) is 5.50. The molecule has 0 saturated heterocycles. The van der Waals surface area contributed by atoms with Gasteiger partial charge in [0.2, 0.25) is 0 Å². The standard InChI is InChI=1S/C26H24N4S/c1-20-10-12-22(13-11-20)28-26-30(16-5-15-29-17-14-27-19-29)25(18-31-26)24-9-4-7-21-6-2-3-8-23(21)24/h2-4,6-14,17-19H,5,15-16H2,1H3. The molecular weight excluding hydrogens is 400 g/mol. The predicted molar refractivity (Wildman–Crippen MR) is 128 cm³/mol. The molecule has 5 rings (SSSR count). The number of nitrogens with zero attached hydrogens (tertiary/aromatic N) is 4. The first-order chi connectivity index (χ1) is 15.3. The molecule has 0 bridgehead atoms. The van der Waals surface area contributed by atoms with Crippen molar-refractivity contribution in [3.63, 3.8) is 0 Å². The van der Waals surface area contributed by atoms with E-state index < -0.39 is 0 Å². The first-order valence-corrected chi connectivity index (χ1v) is 11.4. The second-order valence-electron chi connectivity index (χ2n) is 7.68. The molecule has 0 aliphatic carbocycles. The van der Waals surface area contributed by atoms with Crippen molar-refractivity contribution in [2.75, 3.05) is 0 Å². The Morgan fingerprint density at radius 3 is 2.61 bits per heavy atom. The molecule has 0 saturated carbocycles. The summed E-state index contributed by atoms with van der Waals surface area (Å²) in [4.78, 5) is 10.2. The van der Waals surface area contributed by atoms with Gasteiger partial charge in [-0.25, -0.2) is 9.98 Å². The van der Waals surface area contributed by atoms with E-state index >= 15 is 0 Å². The van der Waals surface area contributed by atoms with Crippen LogP contribution in [0.25, 0.3) is 22.0 Å². The van der Waals surface area contributed by atoms with Crippen LogP contribution < -0.4 is 4.80 Å². The number of hydrogen-bond donors (Lipinski definition) is 0. The van der Waals surface area contributed by atoms with Crippen molar-refractivity contribution in [2.24, 2.45) is 4.99 Å².